The summed E-state index contributed by atoms with van der Waals surface area (Å²) in [6.07, 6.45) is 3.83. The number of nitrogens with zero attached hydrogens (tertiary/aromatic N) is 1. The number of primary sulfonamides is 1. The van der Waals surface area contributed by atoms with E-state index in [2.05, 4.69) is 4.98 Å². The first-order chi connectivity index (χ1) is 13.8. The lowest BCUT2D eigenvalue weighted by atomic mass is 10.0. The molecule has 6 nitrogen and oxygen atoms in total. The summed E-state index contributed by atoms with van der Waals surface area (Å²) in [7, 11) is -3.75. The molecule has 0 bridgehead atoms. The van der Waals surface area contributed by atoms with E-state index >= 15 is 0 Å². The number of hydrogen-bond acceptors (Lipinski definition) is 5. The van der Waals surface area contributed by atoms with Crippen molar-refractivity contribution in [2.24, 2.45) is 5.14 Å². The van der Waals surface area contributed by atoms with Crippen LogP contribution in [0.15, 0.2) is 78.0 Å². The lowest BCUT2D eigenvalue weighted by Crippen LogP contribution is -2.29. The molecule has 0 saturated heterocycles. The van der Waals surface area contributed by atoms with Gasteiger partial charge < -0.3 is 9.84 Å². The lowest BCUT2D eigenvalue weighted by Gasteiger charge is -2.20. The normalized spacial score (nSPS) is 13.6. The summed E-state index contributed by atoms with van der Waals surface area (Å²) in [4.78, 5) is 4.14. The Morgan fingerprint density at radius 3 is 2.48 bits per heavy atom. The van der Waals surface area contributed by atoms with E-state index in [9.17, 15) is 13.5 Å². The summed E-state index contributed by atoms with van der Waals surface area (Å²) in [6.45, 7) is 1.83. The maximum atomic E-state index is 11.5. The third-order valence-corrected chi connectivity index (χ3v) is 5.58. The number of ether oxygens (including phenoxy) is 1. The molecule has 0 aliphatic heterocycles. The third kappa shape index (κ3) is 5.87. The van der Waals surface area contributed by atoms with Crippen molar-refractivity contribution in [2.75, 3.05) is 0 Å². The van der Waals surface area contributed by atoms with Gasteiger partial charge in [0.2, 0.25) is 10.0 Å². The van der Waals surface area contributed by atoms with Crippen LogP contribution in [0.4, 0.5) is 0 Å². The van der Waals surface area contributed by atoms with Crippen molar-refractivity contribution in [3.8, 4) is 16.9 Å². The highest BCUT2D eigenvalue weighted by molar-refractivity contribution is 7.89. The predicted molar refractivity (Wildman–Crippen MR) is 112 cm³/mol. The van der Waals surface area contributed by atoms with Gasteiger partial charge in [-0.05, 0) is 66.8 Å². The Kier molecular flexibility index (Phi) is 6.64. The summed E-state index contributed by atoms with van der Waals surface area (Å²) in [5.41, 5.74) is 2.66. The SMILES string of the molecule is C[C@H](Oc1ccc(-c2cccc(S(N)(=O)=O)c2)cc1)[C@@H](O)CCc1cccnc1. The molecule has 0 radical (unpaired) electrons. The summed E-state index contributed by atoms with van der Waals surface area (Å²) >= 11 is 0. The molecule has 0 fully saturated rings. The second-order valence-electron chi connectivity index (χ2n) is 6.89. The fourth-order valence-corrected chi connectivity index (χ4v) is 3.53. The first-order valence-corrected chi connectivity index (χ1v) is 10.8. The molecule has 3 aromatic rings. The van der Waals surface area contributed by atoms with E-state index in [1.807, 2.05) is 37.3 Å². The molecule has 152 valence electrons. The second-order valence-corrected chi connectivity index (χ2v) is 8.45. The molecule has 0 unspecified atom stereocenters. The van der Waals surface area contributed by atoms with Crippen LogP contribution in [-0.4, -0.2) is 30.7 Å². The molecule has 0 aliphatic carbocycles. The van der Waals surface area contributed by atoms with Gasteiger partial charge in [0.1, 0.15) is 11.9 Å². The highest BCUT2D eigenvalue weighted by Crippen LogP contribution is 2.25. The maximum Gasteiger partial charge on any atom is 0.238 e. The fraction of sp³-hybridized carbons (Fsp3) is 0.227. The van der Waals surface area contributed by atoms with E-state index in [0.717, 1.165) is 23.1 Å². The molecule has 0 saturated carbocycles. The molecule has 0 spiro atoms. The average Bonchev–Trinajstić information content (AvgIpc) is 2.73. The fourth-order valence-electron chi connectivity index (χ4n) is 2.97. The third-order valence-electron chi connectivity index (χ3n) is 4.67. The van der Waals surface area contributed by atoms with Crippen LogP contribution in [0.1, 0.15) is 18.9 Å². The van der Waals surface area contributed by atoms with Crippen molar-refractivity contribution < 1.29 is 18.3 Å². The minimum Gasteiger partial charge on any atom is -0.488 e. The Morgan fingerprint density at radius 2 is 1.83 bits per heavy atom. The number of aryl methyl sites for hydroxylation is 1. The number of rotatable bonds is 8. The first kappa shape index (κ1) is 21.0. The van der Waals surface area contributed by atoms with Gasteiger partial charge in [-0.2, -0.15) is 0 Å². The standard InChI is InChI=1S/C22H24N2O4S/c1-16(22(25)12-7-17-4-3-13-24-15-17)28-20-10-8-18(9-11-20)19-5-2-6-21(14-19)29(23,26)27/h2-6,8-11,13-16,22,25H,7,12H2,1H3,(H2,23,26,27)/t16-,22-/m0/s1. The van der Waals surface area contributed by atoms with Gasteiger partial charge in [-0.3, -0.25) is 4.98 Å². The summed E-state index contributed by atoms with van der Waals surface area (Å²) in [6, 6.07) is 17.6. The Balaban J connectivity index is 1.61. The zero-order valence-electron chi connectivity index (χ0n) is 16.1. The summed E-state index contributed by atoms with van der Waals surface area (Å²) in [5.74, 6) is 0.629. The van der Waals surface area contributed by atoms with Gasteiger partial charge in [0.05, 0.1) is 11.0 Å². The van der Waals surface area contributed by atoms with Crippen molar-refractivity contribution >= 4 is 10.0 Å². The molecular weight excluding hydrogens is 388 g/mol. The van der Waals surface area contributed by atoms with Crippen molar-refractivity contribution in [1.82, 2.24) is 4.98 Å². The molecule has 1 aromatic heterocycles. The van der Waals surface area contributed by atoms with Crippen molar-refractivity contribution in [3.05, 3.63) is 78.6 Å². The predicted octanol–water partition coefficient (Wildman–Crippen LogP) is 3.16. The largest absolute Gasteiger partial charge is 0.488 e. The van der Waals surface area contributed by atoms with Gasteiger partial charge in [0.25, 0.3) is 0 Å². The molecule has 7 heteroatoms. The number of aromatic nitrogens is 1. The highest BCUT2D eigenvalue weighted by atomic mass is 32.2. The highest BCUT2D eigenvalue weighted by Gasteiger charge is 2.16. The number of hydrogen-bond donors (Lipinski definition) is 2. The molecule has 3 N–H and O–H groups in total. The average molecular weight is 413 g/mol. The van der Waals surface area contributed by atoms with Gasteiger partial charge in [-0.15, -0.1) is 0 Å². The topological polar surface area (TPSA) is 103 Å². The van der Waals surface area contributed by atoms with Crippen LogP contribution in [0.3, 0.4) is 0 Å². The molecular formula is C22H24N2O4S. The van der Waals surface area contributed by atoms with Gasteiger partial charge in [0, 0.05) is 12.4 Å². The molecule has 1 heterocycles. The van der Waals surface area contributed by atoms with E-state index in [4.69, 9.17) is 9.88 Å². The summed E-state index contributed by atoms with van der Waals surface area (Å²) in [5, 5.41) is 15.6. The van der Waals surface area contributed by atoms with Crippen LogP contribution < -0.4 is 9.88 Å². The zero-order valence-corrected chi connectivity index (χ0v) is 16.9. The maximum absolute atomic E-state index is 11.5. The van der Waals surface area contributed by atoms with E-state index in [0.29, 0.717) is 12.2 Å². The number of benzene rings is 2. The second kappa shape index (κ2) is 9.17. The molecule has 0 aliphatic rings. The number of aliphatic hydroxyl groups excluding tert-OH is 1. The lowest BCUT2D eigenvalue weighted by molar-refractivity contribution is 0.0420. The Morgan fingerprint density at radius 1 is 1.07 bits per heavy atom. The van der Waals surface area contributed by atoms with Crippen LogP contribution >= 0.6 is 0 Å². The molecule has 3 rings (SSSR count). The summed E-state index contributed by atoms with van der Waals surface area (Å²) < 4.78 is 28.9. The van der Waals surface area contributed by atoms with Crippen molar-refractivity contribution in [1.29, 1.82) is 0 Å². The Bertz CT molecular complexity index is 1040. The van der Waals surface area contributed by atoms with Gasteiger partial charge in [0.15, 0.2) is 0 Å². The van der Waals surface area contributed by atoms with Crippen molar-refractivity contribution in [3.63, 3.8) is 0 Å². The molecule has 0 amide bonds. The Hall–Kier alpha value is -2.74. The number of sulfonamides is 1. The molecule has 2 atom stereocenters. The smallest absolute Gasteiger partial charge is 0.238 e. The van der Waals surface area contributed by atoms with Crippen LogP contribution in [0.2, 0.25) is 0 Å². The molecule has 29 heavy (non-hydrogen) atoms. The minimum absolute atomic E-state index is 0.0701. The van der Waals surface area contributed by atoms with Gasteiger partial charge in [-0.25, -0.2) is 13.6 Å². The molecule has 2 aromatic carbocycles. The number of nitrogens with two attached hydrogens (primary N) is 1. The zero-order chi connectivity index (χ0) is 20.9. The van der Waals surface area contributed by atoms with Gasteiger partial charge >= 0.3 is 0 Å². The van der Waals surface area contributed by atoms with Gasteiger partial charge in [-0.1, -0.05) is 30.3 Å². The first-order valence-electron chi connectivity index (χ1n) is 9.30. The van der Waals surface area contributed by atoms with E-state index in [1.165, 1.54) is 12.1 Å². The number of aliphatic hydroxyl groups is 1. The van der Waals surface area contributed by atoms with Crippen LogP contribution in [0.5, 0.6) is 5.75 Å². The van der Waals surface area contributed by atoms with E-state index < -0.39 is 16.1 Å². The van der Waals surface area contributed by atoms with Crippen LogP contribution in [-0.2, 0) is 16.4 Å². The quantitative estimate of drug-likeness (QED) is 0.592. The number of pyridine rings is 1. The van der Waals surface area contributed by atoms with Crippen LogP contribution in [0.25, 0.3) is 11.1 Å². The van der Waals surface area contributed by atoms with E-state index in [1.54, 1.807) is 30.6 Å². The Labute approximate surface area is 171 Å². The monoisotopic (exact) mass is 412 g/mol. The van der Waals surface area contributed by atoms with E-state index in [-0.39, 0.29) is 11.0 Å². The minimum atomic E-state index is -3.75. The van der Waals surface area contributed by atoms with Crippen LogP contribution in [0, 0.1) is 0 Å². The van der Waals surface area contributed by atoms with Crippen molar-refractivity contribution in [2.45, 2.75) is 36.9 Å².